The number of rotatable bonds is 5. The van der Waals surface area contributed by atoms with Crippen molar-refractivity contribution in [3.63, 3.8) is 0 Å². The van der Waals surface area contributed by atoms with E-state index >= 15 is 0 Å². The Balaban J connectivity index is 1.57. The minimum Gasteiger partial charge on any atom is -0.424 e. The molecule has 0 saturated heterocycles. The average molecular weight is 336 g/mol. The zero-order valence-electron chi connectivity index (χ0n) is 14.2. The van der Waals surface area contributed by atoms with E-state index in [1.54, 1.807) is 10.9 Å². The first-order chi connectivity index (χ1) is 12.1. The fourth-order valence-electron chi connectivity index (χ4n) is 2.44. The first-order valence-electron chi connectivity index (χ1n) is 8.11. The zero-order valence-corrected chi connectivity index (χ0v) is 14.2. The predicted octanol–water partition coefficient (Wildman–Crippen LogP) is 4.31. The Morgan fingerprint density at radius 2 is 1.92 bits per heavy atom. The van der Waals surface area contributed by atoms with Gasteiger partial charge in [0.1, 0.15) is 0 Å². The molecule has 1 atom stereocenters. The zero-order chi connectivity index (χ0) is 17.6. The minimum absolute atomic E-state index is 0.0928. The maximum atomic E-state index is 12.0. The summed E-state index contributed by atoms with van der Waals surface area (Å²) < 4.78 is 6.81. The molecule has 2 amide bonds. The van der Waals surface area contributed by atoms with E-state index in [2.05, 4.69) is 28.0 Å². The van der Waals surface area contributed by atoms with Crippen molar-refractivity contribution in [2.75, 3.05) is 5.32 Å². The van der Waals surface area contributed by atoms with Gasteiger partial charge in [-0.3, -0.25) is 4.79 Å². The van der Waals surface area contributed by atoms with Crippen LogP contribution in [-0.2, 0) is 6.42 Å². The van der Waals surface area contributed by atoms with Crippen molar-refractivity contribution in [2.45, 2.75) is 26.3 Å². The first-order valence-corrected chi connectivity index (χ1v) is 8.11. The number of hydrogen-bond donors (Lipinski definition) is 1. The highest BCUT2D eigenvalue weighted by atomic mass is 16.5. The van der Waals surface area contributed by atoms with Crippen LogP contribution in [0, 0.1) is 6.92 Å². The van der Waals surface area contributed by atoms with Gasteiger partial charge < -0.3 is 15.2 Å². The van der Waals surface area contributed by atoms with E-state index in [1.807, 2.05) is 56.3 Å². The molecular formula is C19H20N4O2. The number of urea groups is 1. The van der Waals surface area contributed by atoms with E-state index < -0.39 is 6.03 Å². The van der Waals surface area contributed by atoms with Gasteiger partial charge >= 0.3 is 0 Å². The number of aromatic nitrogens is 2. The third-order valence-corrected chi connectivity index (χ3v) is 3.81. The molecular weight excluding hydrogens is 316 g/mol. The monoisotopic (exact) mass is 336 g/mol. The van der Waals surface area contributed by atoms with Crippen molar-refractivity contribution in [3.05, 3.63) is 77.2 Å². The fourth-order valence-corrected chi connectivity index (χ4v) is 2.44. The molecule has 0 aliphatic heterocycles. The number of nitrogens with zero attached hydrogens (tertiary/aromatic N) is 3. The lowest BCUT2D eigenvalue weighted by molar-refractivity contribution is -0.782. The molecule has 0 spiro atoms. The number of aryl methyl sites for hydroxylation is 1. The second kappa shape index (κ2) is 7.61. The Morgan fingerprint density at radius 1 is 1.20 bits per heavy atom. The lowest BCUT2D eigenvalue weighted by Crippen LogP contribution is -2.39. The van der Waals surface area contributed by atoms with Crippen molar-refractivity contribution in [1.29, 1.82) is 0 Å². The Bertz CT molecular complexity index is 828. The topological polar surface area (TPSA) is 73.1 Å². The summed E-state index contributed by atoms with van der Waals surface area (Å²) in [6.07, 6.45) is 2.44. The van der Waals surface area contributed by atoms with Crippen molar-refractivity contribution < 1.29 is 14.0 Å². The van der Waals surface area contributed by atoms with Crippen molar-refractivity contribution >= 4 is 17.6 Å². The van der Waals surface area contributed by atoms with Gasteiger partial charge in [-0.2, -0.15) is 0 Å². The third kappa shape index (κ3) is 4.67. The van der Waals surface area contributed by atoms with Crippen LogP contribution in [0.25, 0.3) is 5.32 Å². The molecule has 3 rings (SSSR count). The Hall–Kier alpha value is -3.15. The molecule has 0 radical (unpaired) electrons. The average Bonchev–Trinajstić information content (AvgIpc) is 3.06. The second-order valence-corrected chi connectivity index (χ2v) is 5.97. The molecule has 0 aliphatic rings. The normalized spacial score (nSPS) is 11.8. The molecule has 0 fully saturated rings. The number of hydrogen-bond acceptors (Lipinski definition) is 3. The third-order valence-electron chi connectivity index (χ3n) is 3.81. The lowest BCUT2D eigenvalue weighted by Gasteiger charge is -2.13. The number of carbonyl (C=O) groups excluding carboxylic acids is 1. The molecule has 25 heavy (non-hydrogen) atoms. The summed E-state index contributed by atoms with van der Waals surface area (Å²) in [5.41, 5.74) is 3.02. The number of nitrogens with one attached hydrogen (secondary N) is 1. The molecule has 3 aromatic rings. The SMILES string of the molecule is Cc1ccc(NC(=O)[N-]c2c[n+](C(C)Cc3ccccc3)no2)cc1. The minimum atomic E-state index is -0.497. The molecule has 0 bridgehead atoms. The van der Waals surface area contributed by atoms with Gasteiger partial charge in [0.2, 0.25) is 12.1 Å². The van der Waals surface area contributed by atoms with Crippen LogP contribution in [0.5, 0.6) is 0 Å². The molecule has 1 heterocycles. The van der Waals surface area contributed by atoms with Gasteiger partial charge in [0.15, 0.2) is 17.3 Å². The summed E-state index contributed by atoms with van der Waals surface area (Å²) >= 11 is 0. The summed E-state index contributed by atoms with van der Waals surface area (Å²) in [5.74, 6) is 0.171. The van der Waals surface area contributed by atoms with Gasteiger partial charge in [0.05, 0.1) is 0 Å². The highest BCUT2D eigenvalue weighted by Crippen LogP contribution is 2.18. The molecule has 128 valence electrons. The Morgan fingerprint density at radius 3 is 2.64 bits per heavy atom. The van der Waals surface area contributed by atoms with Crippen LogP contribution >= 0.6 is 0 Å². The smallest absolute Gasteiger partial charge is 0.241 e. The molecule has 0 saturated carbocycles. The summed E-state index contributed by atoms with van der Waals surface area (Å²) in [7, 11) is 0. The van der Waals surface area contributed by atoms with Gasteiger partial charge in [-0.1, -0.05) is 60.2 Å². The van der Waals surface area contributed by atoms with E-state index in [9.17, 15) is 4.79 Å². The van der Waals surface area contributed by atoms with Crippen LogP contribution in [0.2, 0.25) is 0 Å². The van der Waals surface area contributed by atoms with Crippen molar-refractivity contribution in [2.24, 2.45) is 0 Å². The number of carbonyl (C=O) groups is 1. The van der Waals surface area contributed by atoms with Crippen LogP contribution in [0.15, 0.2) is 65.3 Å². The lowest BCUT2D eigenvalue weighted by atomic mass is 10.1. The molecule has 1 unspecified atom stereocenters. The predicted molar refractivity (Wildman–Crippen MR) is 94.8 cm³/mol. The van der Waals surface area contributed by atoms with Gasteiger partial charge in [-0.25, -0.2) is 0 Å². The molecule has 6 heteroatoms. The largest absolute Gasteiger partial charge is 0.424 e. The molecule has 2 aromatic carbocycles. The molecule has 0 aliphatic carbocycles. The number of amides is 2. The molecule has 1 N–H and O–H groups in total. The van der Waals surface area contributed by atoms with E-state index in [0.717, 1.165) is 12.0 Å². The van der Waals surface area contributed by atoms with Gasteiger partial charge in [-0.05, 0) is 22.9 Å². The highest BCUT2D eigenvalue weighted by Gasteiger charge is 2.19. The van der Waals surface area contributed by atoms with Crippen LogP contribution in [0.1, 0.15) is 24.1 Å². The Labute approximate surface area is 146 Å². The summed E-state index contributed by atoms with van der Waals surface area (Å²) in [6.45, 7) is 4.02. The van der Waals surface area contributed by atoms with Gasteiger partial charge in [0.25, 0.3) is 0 Å². The van der Waals surface area contributed by atoms with E-state index in [-0.39, 0.29) is 11.9 Å². The van der Waals surface area contributed by atoms with Crippen LogP contribution in [-0.4, -0.2) is 11.3 Å². The second-order valence-electron chi connectivity index (χ2n) is 5.97. The fraction of sp³-hybridized carbons (Fsp3) is 0.211. The van der Waals surface area contributed by atoms with E-state index in [4.69, 9.17) is 4.52 Å². The first kappa shape index (κ1) is 16.7. The maximum absolute atomic E-state index is 12.0. The van der Waals surface area contributed by atoms with Crippen LogP contribution in [0.3, 0.4) is 0 Å². The molecule has 6 nitrogen and oxygen atoms in total. The van der Waals surface area contributed by atoms with E-state index in [1.165, 1.54) is 5.56 Å². The summed E-state index contributed by atoms with van der Waals surface area (Å²) in [5, 5.41) is 10.5. The van der Waals surface area contributed by atoms with Gasteiger partial charge in [-0.15, -0.1) is 0 Å². The summed E-state index contributed by atoms with van der Waals surface area (Å²) in [6, 6.07) is 17.2. The maximum Gasteiger partial charge on any atom is 0.241 e. The van der Waals surface area contributed by atoms with Crippen molar-refractivity contribution in [1.82, 2.24) is 5.27 Å². The number of anilines is 1. The van der Waals surface area contributed by atoms with Crippen LogP contribution in [0.4, 0.5) is 16.4 Å². The highest BCUT2D eigenvalue weighted by molar-refractivity contribution is 6.03. The van der Waals surface area contributed by atoms with Crippen molar-refractivity contribution in [3.8, 4) is 0 Å². The quantitative estimate of drug-likeness (QED) is 0.706. The summed E-state index contributed by atoms with van der Waals surface area (Å²) in [4.78, 5) is 12.0. The molecule has 1 aromatic heterocycles. The standard InChI is InChI=1S/C19H20N4O2/c1-14-8-10-17(11-9-14)20-19(24)21-18-13-23(22-25-18)15(2)12-16-6-4-3-5-7-16/h3-11,13,15H,12H2,1-2H3,(H-,20,21,22,24). The van der Waals surface area contributed by atoms with E-state index in [0.29, 0.717) is 5.69 Å². The number of benzene rings is 2. The van der Waals surface area contributed by atoms with Gasteiger partial charge in [0, 0.05) is 13.3 Å². The Kier molecular flexibility index (Phi) is 5.09. The van der Waals surface area contributed by atoms with Crippen LogP contribution < -0.4 is 10.00 Å².